The molecule has 2 aromatic carbocycles. The Labute approximate surface area is 220 Å². The number of carbonyl (C=O) groups excluding carboxylic acids is 2. The first kappa shape index (κ1) is 25.6. The summed E-state index contributed by atoms with van der Waals surface area (Å²) < 4.78 is 25.7. The quantitative estimate of drug-likeness (QED) is 0.156. The molecular formula is C26H25FN8O4. The zero-order chi connectivity index (χ0) is 27.4. The fraction of sp³-hybridized carbons (Fsp3) is 0.154. The van der Waals surface area contributed by atoms with Gasteiger partial charge in [0, 0.05) is 48.3 Å². The molecule has 13 heteroatoms. The molecule has 0 radical (unpaired) electrons. The van der Waals surface area contributed by atoms with E-state index in [1.54, 1.807) is 48.5 Å². The van der Waals surface area contributed by atoms with Crippen LogP contribution < -0.4 is 32.7 Å². The van der Waals surface area contributed by atoms with E-state index in [0.717, 1.165) is 6.20 Å². The smallest absolute Gasteiger partial charge is 0.287 e. The van der Waals surface area contributed by atoms with Crippen LogP contribution in [0.3, 0.4) is 0 Å². The number of benzene rings is 2. The van der Waals surface area contributed by atoms with Gasteiger partial charge in [0.25, 0.3) is 11.8 Å². The van der Waals surface area contributed by atoms with Gasteiger partial charge in [-0.15, -0.1) is 0 Å². The minimum atomic E-state index is -0.659. The van der Waals surface area contributed by atoms with Crippen molar-refractivity contribution in [3.63, 3.8) is 0 Å². The molecule has 0 saturated heterocycles. The number of aromatic nitrogens is 2. The number of nitrogens with zero attached hydrogens (tertiary/aromatic N) is 2. The summed E-state index contributed by atoms with van der Waals surface area (Å²) in [5, 5.41) is 12.6. The second-order valence-corrected chi connectivity index (χ2v) is 8.46. The molecule has 0 aliphatic carbocycles. The number of hydrogen-bond donors (Lipinski definition) is 6. The van der Waals surface area contributed by atoms with Crippen LogP contribution in [0.15, 0.2) is 63.6 Å². The molecule has 0 aliphatic heterocycles. The van der Waals surface area contributed by atoms with Gasteiger partial charge >= 0.3 is 0 Å². The molecular weight excluding hydrogens is 507 g/mol. The molecule has 0 aliphatic rings. The summed E-state index contributed by atoms with van der Waals surface area (Å²) >= 11 is 0. The van der Waals surface area contributed by atoms with Gasteiger partial charge in [-0.1, -0.05) is 0 Å². The zero-order valence-electron chi connectivity index (χ0n) is 20.6. The molecule has 200 valence electrons. The Kier molecular flexibility index (Phi) is 7.34. The number of nitrogens with one attached hydrogen (secondary N) is 4. The molecule has 0 saturated carbocycles. The molecule has 3 aromatic heterocycles. The largest absolute Gasteiger partial charge is 0.451 e. The third kappa shape index (κ3) is 5.79. The number of carbonyl (C=O) groups is 2. The van der Waals surface area contributed by atoms with Crippen molar-refractivity contribution in [1.29, 1.82) is 0 Å². The molecule has 3 heterocycles. The molecule has 2 amide bonds. The molecule has 0 bridgehead atoms. The molecule has 5 rings (SSSR count). The van der Waals surface area contributed by atoms with E-state index in [9.17, 15) is 14.0 Å². The number of halogens is 1. The third-order valence-corrected chi connectivity index (χ3v) is 5.60. The molecule has 39 heavy (non-hydrogen) atoms. The third-order valence-electron chi connectivity index (χ3n) is 5.60. The van der Waals surface area contributed by atoms with Crippen molar-refractivity contribution in [2.45, 2.75) is 0 Å². The second-order valence-electron chi connectivity index (χ2n) is 8.46. The van der Waals surface area contributed by atoms with Crippen molar-refractivity contribution in [3.05, 3.63) is 72.1 Å². The van der Waals surface area contributed by atoms with Crippen LogP contribution in [0.1, 0.15) is 21.1 Å². The van der Waals surface area contributed by atoms with Gasteiger partial charge in [0.05, 0.1) is 6.20 Å². The number of amides is 2. The predicted molar refractivity (Wildman–Crippen MR) is 144 cm³/mol. The molecule has 12 nitrogen and oxygen atoms in total. The summed E-state index contributed by atoms with van der Waals surface area (Å²) in [6.45, 7) is 1.30. The van der Waals surface area contributed by atoms with Crippen LogP contribution in [0.5, 0.6) is 0 Å². The molecule has 5 aromatic rings. The minimum absolute atomic E-state index is 0.0560. The highest BCUT2D eigenvalue weighted by atomic mass is 19.1. The molecule has 8 N–H and O–H groups in total. The highest BCUT2D eigenvalue weighted by Gasteiger charge is 2.15. The van der Waals surface area contributed by atoms with E-state index in [0.29, 0.717) is 59.5 Å². The number of fused-ring (bicyclic) bond motifs is 2. The fourth-order valence-electron chi connectivity index (χ4n) is 3.79. The van der Waals surface area contributed by atoms with E-state index < -0.39 is 5.82 Å². The minimum Gasteiger partial charge on any atom is -0.451 e. The van der Waals surface area contributed by atoms with E-state index in [-0.39, 0.29) is 35.1 Å². The van der Waals surface area contributed by atoms with Crippen LogP contribution in [0.4, 0.5) is 27.5 Å². The van der Waals surface area contributed by atoms with E-state index in [2.05, 4.69) is 31.2 Å². The number of rotatable bonds is 10. The lowest BCUT2D eigenvalue weighted by molar-refractivity contribution is 0.0922. The van der Waals surface area contributed by atoms with E-state index >= 15 is 0 Å². The molecule has 0 spiro atoms. The number of anilines is 4. The summed E-state index contributed by atoms with van der Waals surface area (Å²) in [5.41, 5.74) is 13.0. The Morgan fingerprint density at radius 3 is 1.87 bits per heavy atom. The SMILES string of the molecule is NCCNC(=O)c1cc2cc(Nc3ncc(F)c(Nc4ccc5oc(C(=O)NCCN)cc5c4)n3)ccc2o1. The van der Waals surface area contributed by atoms with E-state index in [4.69, 9.17) is 20.3 Å². The maximum atomic E-state index is 14.6. The zero-order valence-corrected chi connectivity index (χ0v) is 20.6. The van der Waals surface area contributed by atoms with Gasteiger partial charge in [0.1, 0.15) is 11.2 Å². The normalized spacial score (nSPS) is 11.1. The summed E-state index contributed by atoms with van der Waals surface area (Å²) in [5.74, 6) is -0.989. The highest BCUT2D eigenvalue weighted by molar-refractivity contribution is 5.97. The lowest BCUT2D eigenvalue weighted by atomic mass is 10.2. The van der Waals surface area contributed by atoms with Crippen molar-refractivity contribution in [1.82, 2.24) is 20.6 Å². The van der Waals surface area contributed by atoms with Crippen LogP contribution in [0, 0.1) is 5.82 Å². The van der Waals surface area contributed by atoms with Gasteiger partial charge < -0.3 is 41.6 Å². The Morgan fingerprint density at radius 1 is 0.795 bits per heavy atom. The van der Waals surface area contributed by atoms with Crippen molar-refractivity contribution >= 4 is 56.9 Å². The van der Waals surface area contributed by atoms with E-state index in [1.807, 2.05) is 0 Å². The van der Waals surface area contributed by atoms with Crippen molar-refractivity contribution in [3.8, 4) is 0 Å². The van der Waals surface area contributed by atoms with Gasteiger partial charge in [-0.3, -0.25) is 9.59 Å². The Hall–Kier alpha value is -5.01. The summed E-state index contributed by atoms with van der Waals surface area (Å²) in [6.07, 6.45) is 1.05. The molecule has 0 fully saturated rings. The Morgan fingerprint density at radius 2 is 1.33 bits per heavy atom. The van der Waals surface area contributed by atoms with E-state index in [1.165, 1.54) is 0 Å². The van der Waals surface area contributed by atoms with Crippen LogP contribution >= 0.6 is 0 Å². The van der Waals surface area contributed by atoms with Gasteiger partial charge in [-0.25, -0.2) is 9.37 Å². The number of hydrogen-bond acceptors (Lipinski definition) is 10. The Balaban J connectivity index is 1.32. The van der Waals surface area contributed by atoms with Crippen LogP contribution in [-0.2, 0) is 0 Å². The first-order valence-corrected chi connectivity index (χ1v) is 12.0. The van der Waals surface area contributed by atoms with Gasteiger partial charge in [0.2, 0.25) is 5.95 Å². The Bertz CT molecular complexity index is 1660. The summed E-state index contributed by atoms with van der Waals surface area (Å²) in [6, 6.07) is 13.4. The first-order valence-electron chi connectivity index (χ1n) is 12.0. The average Bonchev–Trinajstić information content (AvgIpc) is 3.56. The first-order chi connectivity index (χ1) is 18.9. The maximum Gasteiger partial charge on any atom is 0.287 e. The lowest BCUT2D eigenvalue weighted by Crippen LogP contribution is -2.28. The monoisotopic (exact) mass is 532 g/mol. The molecule has 0 unspecified atom stereocenters. The summed E-state index contributed by atoms with van der Waals surface area (Å²) in [7, 11) is 0. The van der Waals surface area contributed by atoms with Crippen LogP contribution in [-0.4, -0.2) is 48.0 Å². The van der Waals surface area contributed by atoms with Gasteiger partial charge in [-0.2, -0.15) is 4.98 Å². The maximum absolute atomic E-state index is 14.6. The van der Waals surface area contributed by atoms with Crippen LogP contribution in [0.25, 0.3) is 21.9 Å². The van der Waals surface area contributed by atoms with Crippen molar-refractivity contribution in [2.24, 2.45) is 11.5 Å². The van der Waals surface area contributed by atoms with Gasteiger partial charge in [0.15, 0.2) is 23.2 Å². The summed E-state index contributed by atoms with van der Waals surface area (Å²) in [4.78, 5) is 32.6. The lowest BCUT2D eigenvalue weighted by Gasteiger charge is -2.09. The second kappa shape index (κ2) is 11.2. The topological polar surface area (TPSA) is 186 Å². The van der Waals surface area contributed by atoms with Crippen molar-refractivity contribution < 1.29 is 22.8 Å². The van der Waals surface area contributed by atoms with Crippen molar-refractivity contribution in [2.75, 3.05) is 36.8 Å². The van der Waals surface area contributed by atoms with Crippen LogP contribution in [0.2, 0.25) is 0 Å². The number of furan rings is 2. The standard InChI is InChI=1S/C26H25FN8O4/c27-18-13-32-26(34-17-2-4-20-15(10-17)12-22(39-20)25(37)31-8-6-29)35-23(18)33-16-1-3-19-14(9-16)11-21(38-19)24(36)30-7-5-28/h1-4,9-13H,5-8,28-29H2,(H,30,36)(H,31,37)(H2,32,33,34,35). The average molecular weight is 533 g/mol. The number of nitrogens with two attached hydrogens (primary N) is 2. The highest BCUT2D eigenvalue weighted by Crippen LogP contribution is 2.27. The molecule has 0 atom stereocenters. The predicted octanol–water partition coefficient (Wildman–Crippen LogP) is 2.97. The fourth-order valence-corrected chi connectivity index (χ4v) is 3.79. The van der Waals surface area contributed by atoms with Gasteiger partial charge in [-0.05, 0) is 48.5 Å².